The molecule has 0 fully saturated rings. The highest BCUT2D eigenvalue weighted by atomic mass is 16.5. The Hall–Kier alpha value is -2.16. The average molecular weight is 285 g/mol. The van der Waals surface area contributed by atoms with Gasteiger partial charge in [-0.1, -0.05) is 6.07 Å². The van der Waals surface area contributed by atoms with E-state index in [-0.39, 0.29) is 0 Å². The molecule has 0 bridgehead atoms. The van der Waals surface area contributed by atoms with E-state index in [1.54, 1.807) is 7.11 Å². The molecule has 0 amide bonds. The topological polar surface area (TPSA) is 30.5 Å². The average Bonchev–Trinajstić information content (AvgIpc) is 2.46. The molecule has 0 unspecified atom stereocenters. The van der Waals surface area contributed by atoms with Crippen molar-refractivity contribution in [3.05, 3.63) is 53.6 Å². The minimum atomic E-state index is 0.699. The van der Waals surface area contributed by atoms with Crippen LogP contribution in [-0.4, -0.2) is 20.3 Å². The van der Waals surface area contributed by atoms with Gasteiger partial charge in [-0.05, 0) is 67.8 Å². The van der Waals surface area contributed by atoms with Crippen molar-refractivity contribution in [2.45, 2.75) is 20.3 Å². The zero-order valence-corrected chi connectivity index (χ0v) is 13.0. The first-order valence-electron chi connectivity index (χ1n) is 7.26. The third-order valence-corrected chi connectivity index (χ3v) is 3.20. The van der Waals surface area contributed by atoms with E-state index in [1.165, 1.54) is 16.8 Å². The Balaban J connectivity index is 1.69. The summed E-state index contributed by atoms with van der Waals surface area (Å²) >= 11 is 0. The number of methoxy groups -OCH3 is 1. The lowest BCUT2D eigenvalue weighted by atomic mass is 10.1. The quantitative estimate of drug-likeness (QED) is 0.774. The zero-order valence-electron chi connectivity index (χ0n) is 13.0. The van der Waals surface area contributed by atoms with Gasteiger partial charge in [-0.2, -0.15) is 0 Å². The van der Waals surface area contributed by atoms with E-state index in [4.69, 9.17) is 9.47 Å². The van der Waals surface area contributed by atoms with Crippen LogP contribution in [0, 0.1) is 13.8 Å². The van der Waals surface area contributed by atoms with Gasteiger partial charge in [0, 0.05) is 12.2 Å². The molecule has 0 aliphatic carbocycles. The number of rotatable bonds is 7. The van der Waals surface area contributed by atoms with E-state index >= 15 is 0 Å². The van der Waals surface area contributed by atoms with Crippen LogP contribution in [0.3, 0.4) is 0 Å². The highest BCUT2D eigenvalue weighted by molar-refractivity contribution is 5.48. The third-order valence-electron chi connectivity index (χ3n) is 3.20. The van der Waals surface area contributed by atoms with Crippen LogP contribution >= 0.6 is 0 Å². The van der Waals surface area contributed by atoms with E-state index in [1.807, 2.05) is 24.3 Å². The van der Waals surface area contributed by atoms with E-state index in [2.05, 4.69) is 37.4 Å². The summed E-state index contributed by atoms with van der Waals surface area (Å²) in [6.07, 6.45) is 0.957. The second-order valence-corrected chi connectivity index (χ2v) is 5.18. The predicted molar refractivity (Wildman–Crippen MR) is 87.5 cm³/mol. The molecule has 0 saturated carbocycles. The summed E-state index contributed by atoms with van der Waals surface area (Å²) < 4.78 is 10.8. The Morgan fingerprint density at radius 2 is 1.52 bits per heavy atom. The van der Waals surface area contributed by atoms with Crippen molar-refractivity contribution in [3.8, 4) is 11.5 Å². The Morgan fingerprint density at radius 1 is 0.905 bits per heavy atom. The third kappa shape index (κ3) is 5.03. The van der Waals surface area contributed by atoms with Crippen molar-refractivity contribution in [3.63, 3.8) is 0 Å². The number of anilines is 1. The van der Waals surface area contributed by atoms with Crippen LogP contribution in [0.2, 0.25) is 0 Å². The van der Waals surface area contributed by atoms with E-state index < -0.39 is 0 Å². The molecule has 0 aliphatic heterocycles. The highest BCUT2D eigenvalue weighted by Crippen LogP contribution is 2.17. The molecule has 2 aromatic carbocycles. The Labute approximate surface area is 126 Å². The van der Waals surface area contributed by atoms with Gasteiger partial charge in [-0.3, -0.25) is 0 Å². The summed E-state index contributed by atoms with van der Waals surface area (Å²) in [5.74, 6) is 1.72. The highest BCUT2D eigenvalue weighted by Gasteiger charge is 1.97. The van der Waals surface area contributed by atoms with E-state index in [9.17, 15) is 0 Å². The van der Waals surface area contributed by atoms with E-state index in [0.717, 1.165) is 24.5 Å². The van der Waals surface area contributed by atoms with Crippen LogP contribution in [0.5, 0.6) is 11.5 Å². The second-order valence-electron chi connectivity index (χ2n) is 5.18. The molecular weight excluding hydrogens is 262 g/mol. The summed E-state index contributed by atoms with van der Waals surface area (Å²) in [5.41, 5.74) is 3.75. The minimum absolute atomic E-state index is 0.699. The van der Waals surface area contributed by atoms with Gasteiger partial charge in [0.1, 0.15) is 11.5 Å². The van der Waals surface area contributed by atoms with Crippen LogP contribution in [-0.2, 0) is 0 Å². The monoisotopic (exact) mass is 285 g/mol. The Kier molecular flexibility index (Phi) is 5.50. The molecule has 1 N–H and O–H groups in total. The van der Waals surface area contributed by atoms with Gasteiger partial charge in [0.2, 0.25) is 0 Å². The van der Waals surface area contributed by atoms with Crippen LogP contribution < -0.4 is 14.8 Å². The molecule has 0 aromatic heterocycles. The first-order chi connectivity index (χ1) is 10.2. The number of aryl methyl sites for hydroxylation is 2. The molecule has 2 aromatic rings. The Morgan fingerprint density at radius 3 is 2.14 bits per heavy atom. The van der Waals surface area contributed by atoms with Gasteiger partial charge in [0.05, 0.1) is 13.7 Å². The van der Waals surface area contributed by atoms with Crippen LogP contribution in [0.15, 0.2) is 42.5 Å². The van der Waals surface area contributed by atoms with E-state index in [0.29, 0.717) is 6.61 Å². The van der Waals surface area contributed by atoms with Crippen molar-refractivity contribution in [1.29, 1.82) is 0 Å². The number of hydrogen-bond donors (Lipinski definition) is 1. The molecule has 0 spiro atoms. The molecule has 112 valence electrons. The molecule has 3 nitrogen and oxygen atoms in total. The minimum Gasteiger partial charge on any atom is -0.497 e. The lowest BCUT2D eigenvalue weighted by Gasteiger charge is -2.10. The van der Waals surface area contributed by atoms with Crippen LogP contribution in [0.1, 0.15) is 17.5 Å². The lowest BCUT2D eigenvalue weighted by Crippen LogP contribution is -2.07. The maximum atomic E-state index is 5.70. The van der Waals surface area contributed by atoms with Crippen molar-refractivity contribution in [2.75, 3.05) is 25.6 Å². The zero-order chi connectivity index (χ0) is 15.1. The molecule has 0 aliphatic rings. The standard InChI is InChI=1S/C18H23NO2/c1-14-11-15(2)13-16(12-14)19-9-4-10-21-18-7-5-17(20-3)6-8-18/h5-8,11-13,19H,4,9-10H2,1-3H3. The summed E-state index contributed by atoms with van der Waals surface area (Å²) in [5, 5.41) is 3.43. The largest absolute Gasteiger partial charge is 0.497 e. The molecule has 0 saturated heterocycles. The van der Waals surface area contributed by atoms with Gasteiger partial charge >= 0.3 is 0 Å². The molecule has 3 heteroatoms. The first-order valence-corrected chi connectivity index (χ1v) is 7.26. The molecule has 0 heterocycles. The van der Waals surface area contributed by atoms with Gasteiger partial charge in [-0.15, -0.1) is 0 Å². The summed E-state index contributed by atoms with van der Waals surface area (Å²) in [6, 6.07) is 14.2. The fraction of sp³-hybridized carbons (Fsp3) is 0.333. The lowest BCUT2D eigenvalue weighted by molar-refractivity contribution is 0.314. The van der Waals surface area contributed by atoms with Crippen LogP contribution in [0.25, 0.3) is 0 Å². The van der Waals surface area contributed by atoms with Crippen molar-refractivity contribution in [2.24, 2.45) is 0 Å². The van der Waals surface area contributed by atoms with Crippen LogP contribution in [0.4, 0.5) is 5.69 Å². The number of ether oxygens (including phenoxy) is 2. The fourth-order valence-corrected chi connectivity index (χ4v) is 2.24. The number of hydrogen-bond acceptors (Lipinski definition) is 3. The summed E-state index contributed by atoms with van der Waals surface area (Å²) in [6.45, 7) is 5.83. The smallest absolute Gasteiger partial charge is 0.119 e. The SMILES string of the molecule is COc1ccc(OCCCNc2cc(C)cc(C)c2)cc1. The van der Waals surface area contributed by atoms with Gasteiger partial charge in [0.25, 0.3) is 0 Å². The molecule has 0 radical (unpaired) electrons. The molecule has 0 atom stereocenters. The number of nitrogens with one attached hydrogen (secondary N) is 1. The maximum absolute atomic E-state index is 5.70. The first kappa shape index (κ1) is 15.2. The van der Waals surface area contributed by atoms with Gasteiger partial charge in [0.15, 0.2) is 0 Å². The van der Waals surface area contributed by atoms with Crippen molar-refractivity contribution in [1.82, 2.24) is 0 Å². The van der Waals surface area contributed by atoms with Crippen molar-refractivity contribution < 1.29 is 9.47 Å². The fourth-order valence-electron chi connectivity index (χ4n) is 2.24. The maximum Gasteiger partial charge on any atom is 0.119 e. The normalized spacial score (nSPS) is 10.2. The molecule has 21 heavy (non-hydrogen) atoms. The second kappa shape index (κ2) is 7.58. The predicted octanol–water partition coefficient (Wildman–Crippen LogP) is 4.19. The molecule has 2 rings (SSSR count). The summed E-state index contributed by atoms with van der Waals surface area (Å²) in [7, 11) is 1.66. The molecular formula is C18H23NO2. The van der Waals surface area contributed by atoms with Gasteiger partial charge in [-0.25, -0.2) is 0 Å². The van der Waals surface area contributed by atoms with Crippen molar-refractivity contribution >= 4 is 5.69 Å². The summed E-state index contributed by atoms with van der Waals surface area (Å²) in [4.78, 5) is 0. The number of benzene rings is 2. The Bertz CT molecular complexity index is 544. The van der Waals surface area contributed by atoms with Gasteiger partial charge < -0.3 is 14.8 Å².